The molecule has 0 spiro atoms. The molecule has 2 heteroatoms. The van der Waals surface area contributed by atoms with Crippen LogP contribution in [0.4, 0.5) is 0 Å². The maximum atomic E-state index is 3.69. The van der Waals surface area contributed by atoms with Crippen molar-refractivity contribution in [2.45, 2.75) is 57.7 Å². The summed E-state index contributed by atoms with van der Waals surface area (Å²) in [6, 6.07) is 11.0. The van der Waals surface area contributed by atoms with Gasteiger partial charge in [0.1, 0.15) is 0 Å². The van der Waals surface area contributed by atoms with Crippen LogP contribution < -0.4 is 5.32 Å². The third-order valence-electron chi connectivity index (χ3n) is 4.57. The molecule has 0 amide bonds. The zero-order valence-electron chi connectivity index (χ0n) is 12.2. The Kier molecular flexibility index (Phi) is 3.90. The average molecular weight is 258 g/mol. The first-order chi connectivity index (χ1) is 9.24. The van der Waals surface area contributed by atoms with Gasteiger partial charge < -0.3 is 5.32 Å². The van der Waals surface area contributed by atoms with Crippen molar-refractivity contribution >= 4 is 0 Å². The van der Waals surface area contributed by atoms with Crippen molar-refractivity contribution in [2.24, 2.45) is 0 Å². The van der Waals surface area contributed by atoms with Crippen LogP contribution in [0.5, 0.6) is 0 Å². The first kappa shape index (κ1) is 13.1. The third kappa shape index (κ3) is 2.85. The zero-order chi connectivity index (χ0) is 13.2. The monoisotopic (exact) mass is 258 g/mol. The molecule has 1 saturated heterocycles. The van der Waals surface area contributed by atoms with Gasteiger partial charge in [-0.05, 0) is 36.8 Å². The Morgan fingerprint density at radius 2 is 2.05 bits per heavy atom. The lowest BCUT2D eigenvalue weighted by Crippen LogP contribution is -2.38. The highest BCUT2D eigenvalue weighted by molar-refractivity contribution is 5.32. The van der Waals surface area contributed by atoms with Crippen LogP contribution in [0, 0.1) is 0 Å². The van der Waals surface area contributed by atoms with Gasteiger partial charge in [0.15, 0.2) is 0 Å². The van der Waals surface area contributed by atoms with Crippen molar-refractivity contribution in [2.75, 3.05) is 13.1 Å². The summed E-state index contributed by atoms with van der Waals surface area (Å²) in [5.41, 5.74) is 3.18. The van der Waals surface area contributed by atoms with E-state index in [1.165, 1.54) is 38.8 Å². The van der Waals surface area contributed by atoms with Gasteiger partial charge in [-0.15, -0.1) is 0 Å². The summed E-state index contributed by atoms with van der Waals surface area (Å²) < 4.78 is 0. The van der Waals surface area contributed by atoms with E-state index in [-0.39, 0.29) is 0 Å². The SMILES string of the molecule is CC(C)NC1CCN(C2CCCc3ccccc32)C1. The molecule has 3 rings (SSSR count). The Balaban J connectivity index is 1.71. The van der Waals surface area contributed by atoms with Gasteiger partial charge in [-0.3, -0.25) is 4.90 Å². The zero-order valence-corrected chi connectivity index (χ0v) is 12.2. The molecular formula is C17H26N2. The second kappa shape index (κ2) is 5.64. The molecule has 1 heterocycles. The summed E-state index contributed by atoms with van der Waals surface area (Å²) in [5.74, 6) is 0. The molecule has 1 aromatic carbocycles. The van der Waals surface area contributed by atoms with E-state index in [2.05, 4.69) is 48.3 Å². The molecule has 19 heavy (non-hydrogen) atoms. The molecule has 1 fully saturated rings. The fourth-order valence-electron chi connectivity index (χ4n) is 3.79. The van der Waals surface area contributed by atoms with Crippen LogP contribution in [0.2, 0.25) is 0 Å². The van der Waals surface area contributed by atoms with Gasteiger partial charge in [0.25, 0.3) is 0 Å². The Hall–Kier alpha value is -0.860. The Morgan fingerprint density at radius 1 is 1.21 bits per heavy atom. The van der Waals surface area contributed by atoms with Gasteiger partial charge in [-0.2, -0.15) is 0 Å². The lowest BCUT2D eigenvalue weighted by Gasteiger charge is -2.33. The number of fused-ring (bicyclic) bond motifs is 1. The highest BCUT2D eigenvalue weighted by Gasteiger charge is 2.31. The number of nitrogens with zero attached hydrogens (tertiary/aromatic N) is 1. The maximum absolute atomic E-state index is 3.69. The number of hydrogen-bond donors (Lipinski definition) is 1. The van der Waals surface area contributed by atoms with Gasteiger partial charge in [0.05, 0.1) is 0 Å². The van der Waals surface area contributed by atoms with Gasteiger partial charge in [-0.25, -0.2) is 0 Å². The van der Waals surface area contributed by atoms with Crippen molar-refractivity contribution in [3.63, 3.8) is 0 Å². The molecule has 0 aromatic heterocycles. The molecule has 1 N–H and O–H groups in total. The first-order valence-corrected chi connectivity index (χ1v) is 7.82. The second-order valence-corrected chi connectivity index (χ2v) is 6.41. The molecule has 2 unspecified atom stereocenters. The second-order valence-electron chi connectivity index (χ2n) is 6.41. The van der Waals surface area contributed by atoms with E-state index >= 15 is 0 Å². The van der Waals surface area contributed by atoms with Crippen molar-refractivity contribution in [3.8, 4) is 0 Å². The summed E-state index contributed by atoms with van der Waals surface area (Å²) in [4.78, 5) is 2.71. The first-order valence-electron chi connectivity index (χ1n) is 7.82. The largest absolute Gasteiger partial charge is 0.310 e. The highest BCUT2D eigenvalue weighted by atomic mass is 15.2. The minimum Gasteiger partial charge on any atom is -0.310 e. The van der Waals surface area contributed by atoms with E-state index in [1.807, 2.05) is 0 Å². The van der Waals surface area contributed by atoms with Crippen molar-refractivity contribution in [1.82, 2.24) is 10.2 Å². The molecule has 0 saturated carbocycles. The van der Waals surface area contributed by atoms with Gasteiger partial charge >= 0.3 is 0 Å². The van der Waals surface area contributed by atoms with Crippen LogP contribution in [-0.2, 0) is 6.42 Å². The summed E-state index contributed by atoms with van der Waals surface area (Å²) >= 11 is 0. The fourth-order valence-corrected chi connectivity index (χ4v) is 3.79. The lowest BCUT2D eigenvalue weighted by atomic mass is 9.87. The predicted octanol–water partition coefficient (Wildman–Crippen LogP) is 3.14. The van der Waals surface area contributed by atoms with E-state index in [9.17, 15) is 0 Å². The molecule has 0 bridgehead atoms. The summed E-state index contributed by atoms with van der Waals surface area (Å²) in [5, 5.41) is 3.69. The quantitative estimate of drug-likeness (QED) is 0.896. The van der Waals surface area contributed by atoms with Gasteiger partial charge in [0.2, 0.25) is 0 Å². The molecule has 104 valence electrons. The Bertz CT molecular complexity index is 427. The van der Waals surface area contributed by atoms with E-state index < -0.39 is 0 Å². The molecule has 2 atom stereocenters. The normalized spacial score (nSPS) is 27.7. The van der Waals surface area contributed by atoms with Crippen LogP contribution >= 0.6 is 0 Å². The van der Waals surface area contributed by atoms with E-state index in [1.54, 1.807) is 11.1 Å². The van der Waals surface area contributed by atoms with Gasteiger partial charge in [0, 0.05) is 31.2 Å². The van der Waals surface area contributed by atoms with E-state index in [0.717, 1.165) is 0 Å². The number of benzene rings is 1. The number of likely N-dealkylation sites (tertiary alicyclic amines) is 1. The number of nitrogens with one attached hydrogen (secondary N) is 1. The number of aryl methyl sites for hydroxylation is 1. The summed E-state index contributed by atoms with van der Waals surface area (Å²) in [7, 11) is 0. The fraction of sp³-hybridized carbons (Fsp3) is 0.647. The topological polar surface area (TPSA) is 15.3 Å². The molecule has 1 aromatic rings. The Labute approximate surface area is 117 Å². The van der Waals surface area contributed by atoms with Crippen LogP contribution in [0.25, 0.3) is 0 Å². The van der Waals surface area contributed by atoms with E-state index in [4.69, 9.17) is 0 Å². The smallest absolute Gasteiger partial charge is 0.0351 e. The number of hydrogen-bond acceptors (Lipinski definition) is 2. The van der Waals surface area contributed by atoms with Crippen molar-refractivity contribution in [3.05, 3.63) is 35.4 Å². The van der Waals surface area contributed by atoms with Crippen LogP contribution in [0.1, 0.15) is 50.3 Å². The highest BCUT2D eigenvalue weighted by Crippen LogP contribution is 2.35. The lowest BCUT2D eigenvalue weighted by molar-refractivity contribution is 0.215. The Morgan fingerprint density at radius 3 is 2.89 bits per heavy atom. The molecule has 1 aliphatic carbocycles. The molecular weight excluding hydrogens is 232 g/mol. The summed E-state index contributed by atoms with van der Waals surface area (Å²) in [6.07, 6.45) is 5.26. The summed E-state index contributed by atoms with van der Waals surface area (Å²) in [6.45, 7) is 6.97. The average Bonchev–Trinajstić information content (AvgIpc) is 2.85. The van der Waals surface area contributed by atoms with Crippen LogP contribution in [0.3, 0.4) is 0 Å². The molecule has 1 aliphatic heterocycles. The maximum Gasteiger partial charge on any atom is 0.0351 e. The predicted molar refractivity (Wildman–Crippen MR) is 80.4 cm³/mol. The standard InChI is InChI=1S/C17H26N2/c1-13(2)18-15-10-11-19(12-15)17-9-5-7-14-6-3-4-8-16(14)17/h3-4,6,8,13,15,17-18H,5,7,9-12H2,1-2H3. The van der Waals surface area contributed by atoms with Crippen molar-refractivity contribution in [1.29, 1.82) is 0 Å². The van der Waals surface area contributed by atoms with E-state index in [0.29, 0.717) is 18.1 Å². The minimum absolute atomic E-state index is 0.601. The minimum atomic E-state index is 0.601. The molecule has 2 aliphatic rings. The van der Waals surface area contributed by atoms with Crippen LogP contribution in [-0.4, -0.2) is 30.1 Å². The van der Waals surface area contributed by atoms with Gasteiger partial charge in [-0.1, -0.05) is 38.1 Å². The molecule has 0 radical (unpaired) electrons. The van der Waals surface area contributed by atoms with Crippen molar-refractivity contribution < 1.29 is 0 Å². The van der Waals surface area contributed by atoms with Crippen LogP contribution in [0.15, 0.2) is 24.3 Å². The molecule has 2 nitrogen and oxygen atoms in total. The third-order valence-corrected chi connectivity index (χ3v) is 4.57. The number of rotatable bonds is 3.